The van der Waals surface area contributed by atoms with Crippen LogP contribution in [0, 0.1) is 0 Å². The number of fused-ring (bicyclic) bond motifs is 1. The van der Waals surface area contributed by atoms with Gasteiger partial charge in [0.15, 0.2) is 0 Å². The van der Waals surface area contributed by atoms with Crippen LogP contribution in [0.1, 0.15) is 18.4 Å². The first-order valence-corrected chi connectivity index (χ1v) is 7.25. The van der Waals surface area contributed by atoms with E-state index >= 15 is 0 Å². The number of nitrogens with one attached hydrogen (secondary N) is 1. The van der Waals surface area contributed by atoms with Gasteiger partial charge in [0.25, 0.3) is 0 Å². The number of benzene rings is 2. The third-order valence-corrected chi connectivity index (χ3v) is 3.83. The molecule has 0 aliphatic carbocycles. The van der Waals surface area contributed by atoms with E-state index in [1.54, 1.807) is 7.11 Å². The summed E-state index contributed by atoms with van der Waals surface area (Å²) < 4.78 is 11.1. The van der Waals surface area contributed by atoms with Gasteiger partial charge in [0.05, 0.1) is 13.2 Å². The number of rotatable bonds is 5. The summed E-state index contributed by atoms with van der Waals surface area (Å²) >= 11 is 0. The molecule has 3 rings (SSSR count). The molecule has 3 heteroatoms. The molecule has 20 heavy (non-hydrogen) atoms. The van der Waals surface area contributed by atoms with Crippen molar-refractivity contribution in [2.24, 2.45) is 0 Å². The van der Waals surface area contributed by atoms with Crippen molar-refractivity contribution in [3.8, 4) is 5.75 Å². The van der Waals surface area contributed by atoms with Gasteiger partial charge in [-0.1, -0.05) is 24.3 Å². The first-order valence-electron chi connectivity index (χ1n) is 7.25. The second-order valence-electron chi connectivity index (χ2n) is 5.29. The normalized spacial score (nSPS) is 18.6. The number of hydrogen-bond donors (Lipinski definition) is 1. The standard InChI is InChI=1S/C17H21NO2/c1-19-17-10-13(9-14-5-2-3-7-16(14)17)11-18-12-15-6-4-8-20-15/h2-3,5,7,9-10,15,18H,4,6,8,11-12H2,1H3/t15-/m0/s1. The summed E-state index contributed by atoms with van der Waals surface area (Å²) in [6.07, 6.45) is 2.75. The minimum Gasteiger partial charge on any atom is -0.496 e. The van der Waals surface area contributed by atoms with Crippen LogP contribution in [0.25, 0.3) is 10.8 Å². The second-order valence-corrected chi connectivity index (χ2v) is 5.29. The molecule has 2 aromatic rings. The van der Waals surface area contributed by atoms with Crippen LogP contribution in [0.3, 0.4) is 0 Å². The lowest BCUT2D eigenvalue weighted by molar-refractivity contribution is 0.110. The molecular weight excluding hydrogens is 250 g/mol. The lowest BCUT2D eigenvalue weighted by atomic mass is 10.1. The molecule has 1 N–H and O–H groups in total. The van der Waals surface area contributed by atoms with Gasteiger partial charge in [0, 0.05) is 25.1 Å². The lowest BCUT2D eigenvalue weighted by Crippen LogP contribution is -2.25. The first kappa shape index (κ1) is 13.4. The topological polar surface area (TPSA) is 30.5 Å². The number of hydrogen-bond acceptors (Lipinski definition) is 3. The van der Waals surface area contributed by atoms with Crippen LogP contribution in [-0.2, 0) is 11.3 Å². The van der Waals surface area contributed by atoms with E-state index in [0.717, 1.165) is 30.8 Å². The molecule has 106 valence electrons. The molecule has 0 saturated carbocycles. The monoisotopic (exact) mass is 271 g/mol. The summed E-state index contributed by atoms with van der Waals surface area (Å²) in [5.41, 5.74) is 1.25. The first-order chi connectivity index (χ1) is 9.86. The van der Waals surface area contributed by atoms with Gasteiger partial charge in [-0.3, -0.25) is 0 Å². The minimum atomic E-state index is 0.386. The highest BCUT2D eigenvalue weighted by molar-refractivity contribution is 5.89. The maximum Gasteiger partial charge on any atom is 0.127 e. The summed E-state index contributed by atoms with van der Waals surface area (Å²) in [5.74, 6) is 0.942. The minimum absolute atomic E-state index is 0.386. The summed E-state index contributed by atoms with van der Waals surface area (Å²) in [6, 6.07) is 12.7. The molecule has 1 aliphatic heterocycles. The number of methoxy groups -OCH3 is 1. The Morgan fingerprint density at radius 2 is 2.20 bits per heavy atom. The van der Waals surface area contributed by atoms with Crippen molar-refractivity contribution in [1.82, 2.24) is 5.32 Å². The summed E-state index contributed by atoms with van der Waals surface area (Å²) in [7, 11) is 1.73. The Labute approximate surface area is 119 Å². The zero-order valence-electron chi connectivity index (χ0n) is 11.9. The van der Waals surface area contributed by atoms with Crippen LogP contribution < -0.4 is 10.1 Å². The molecule has 1 atom stereocenters. The van der Waals surface area contributed by atoms with E-state index in [0.29, 0.717) is 6.10 Å². The summed E-state index contributed by atoms with van der Waals surface area (Å²) in [6.45, 7) is 2.69. The molecule has 0 unspecified atom stereocenters. The Hall–Kier alpha value is -1.58. The molecule has 1 heterocycles. The number of ether oxygens (including phenoxy) is 2. The van der Waals surface area contributed by atoms with Gasteiger partial charge in [-0.15, -0.1) is 0 Å². The van der Waals surface area contributed by atoms with E-state index in [2.05, 4.69) is 35.6 Å². The Morgan fingerprint density at radius 3 is 3.00 bits per heavy atom. The smallest absolute Gasteiger partial charge is 0.127 e. The summed E-state index contributed by atoms with van der Waals surface area (Å²) in [4.78, 5) is 0. The molecule has 1 aliphatic rings. The van der Waals surface area contributed by atoms with Crippen molar-refractivity contribution in [2.45, 2.75) is 25.5 Å². The van der Waals surface area contributed by atoms with Crippen LogP contribution >= 0.6 is 0 Å². The quantitative estimate of drug-likeness (QED) is 0.906. The Kier molecular flexibility index (Phi) is 4.19. The molecule has 3 nitrogen and oxygen atoms in total. The van der Waals surface area contributed by atoms with E-state index in [9.17, 15) is 0 Å². The molecule has 2 aromatic carbocycles. The lowest BCUT2D eigenvalue weighted by Gasteiger charge is -2.12. The average molecular weight is 271 g/mol. The van der Waals surface area contributed by atoms with E-state index < -0.39 is 0 Å². The second kappa shape index (κ2) is 6.25. The van der Waals surface area contributed by atoms with Gasteiger partial charge in [-0.05, 0) is 35.9 Å². The SMILES string of the molecule is COc1cc(CNC[C@@H]2CCCO2)cc2ccccc12. The average Bonchev–Trinajstić information content (AvgIpc) is 2.99. The maximum atomic E-state index is 5.62. The van der Waals surface area contributed by atoms with E-state index in [4.69, 9.17) is 9.47 Å². The Morgan fingerprint density at radius 1 is 1.30 bits per heavy atom. The Bertz CT molecular complexity index is 576. The van der Waals surface area contributed by atoms with Gasteiger partial charge in [0.2, 0.25) is 0 Å². The zero-order valence-corrected chi connectivity index (χ0v) is 11.9. The van der Waals surface area contributed by atoms with Crippen molar-refractivity contribution in [2.75, 3.05) is 20.3 Å². The highest BCUT2D eigenvalue weighted by atomic mass is 16.5. The van der Waals surface area contributed by atoms with Crippen LogP contribution in [0.5, 0.6) is 5.75 Å². The fourth-order valence-corrected chi connectivity index (χ4v) is 2.79. The highest BCUT2D eigenvalue weighted by Gasteiger charge is 2.14. The predicted octanol–water partition coefficient (Wildman–Crippen LogP) is 3.12. The van der Waals surface area contributed by atoms with Crippen molar-refractivity contribution >= 4 is 10.8 Å². The van der Waals surface area contributed by atoms with Crippen molar-refractivity contribution in [1.29, 1.82) is 0 Å². The van der Waals surface area contributed by atoms with E-state index in [1.165, 1.54) is 23.8 Å². The highest BCUT2D eigenvalue weighted by Crippen LogP contribution is 2.27. The fourth-order valence-electron chi connectivity index (χ4n) is 2.79. The predicted molar refractivity (Wildman–Crippen MR) is 81.2 cm³/mol. The molecule has 0 radical (unpaired) electrons. The molecule has 0 bridgehead atoms. The molecule has 0 aromatic heterocycles. The maximum absolute atomic E-state index is 5.62. The van der Waals surface area contributed by atoms with Crippen LogP contribution in [0.4, 0.5) is 0 Å². The van der Waals surface area contributed by atoms with E-state index in [-0.39, 0.29) is 0 Å². The Balaban J connectivity index is 1.70. The molecule has 1 saturated heterocycles. The van der Waals surface area contributed by atoms with Gasteiger partial charge in [-0.25, -0.2) is 0 Å². The largest absolute Gasteiger partial charge is 0.496 e. The van der Waals surface area contributed by atoms with Gasteiger partial charge in [-0.2, -0.15) is 0 Å². The van der Waals surface area contributed by atoms with Crippen LogP contribution in [0.2, 0.25) is 0 Å². The van der Waals surface area contributed by atoms with Crippen LogP contribution in [0.15, 0.2) is 36.4 Å². The van der Waals surface area contributed by atoms with E-state index in [1.807, 2.05) is 6.07 Å². The third kappa shape index (κ3) is 2.94. The zero-order chi connectivity index (χ0) is 13.8. The van der Waals surface area contributed by atoms with Gasteiger partial charge < -0.3 is 14.8 Å². The molecule has 1 fully saturated rings. The molecular formula is C17H21NO2. The third-order valence-electron chi connectivity index (χ3n) is 3.83. The fraction of sp³-hybridized carbons (Fsp3) is 0.412. The van der Waals surface area contributed by atoms with Crippen LogP contribution in [-0.4, -0.2) is 26.4 Å². The van der Waals surface area contributed by atoms with Crippen molar-refractivity contribution in [3.05, 3.63) is 42.0 Å². The van der Waals surface area contributed by atoms with Crippen molar-refractivity contribution in [3.63, 3.8) is 0 Å². The van der Waals surface area contributed by atoms with Crippen molar-refractivity contribution < 1.29 is 9.47 Å². The molecule has 0 amide bonds. The summed E-state index contributed by atoms with van der Waals surface area (Å²) in [5, 5.41) is 5.87. The van der Waals surface area contributed by atoms with Gasteiger partial charge in [0.1, 0.15) is 5.75 Å². The van der Waals surface area contributed by atoms with Gasteiger partial charge >= 0.3 is 0 Å². The molecule has 0 spiro atoms.